The number of likely N-dealkylation sites (N-methyl/N-ethyl adjacent to an activating group) is 1. The molecule has 0 bridgehead atoms. The van der Waals surface area contributed by atoms with E-state index in [2.05, 4.69) is 15.5 Å². The highest BCUT2D eigenvalue weighted by atomic mass is 32.2. The Morgan fingerprint density at radius 1 is 1.10 bits per heavy atom. The predicted octanol–water partition coefficient (Wildman–Crippen LogP) is 3.54. The lowest BCUT2D eigenvalue weighted by molar-refractivity contribution is -0.131. The Labute approximate surface area is 173 Å². The Morgan fingerprint density at radius 2 is 1.86 bits per heavy atom. The number of rotatable bonds is 7. The van der Waals surface area contributed by atoms with Gasteiger partial charge in [-0.25, -0.2) is 0 Å². The van der Waals surface area contributed by atoms with Crippen molar-refractivity contribution in [1.82, 2.24) is 15.1 Å². The second-order valence-electron chi connectivity index (χ2n) is 6.64. The molecule has 150 valence electrons. The number of anilines is 1. The van der Waals surface area contributed by atoms with Crippen LogP contribution in [0, 0.1) is 13.8 Å². The van der Waals surface area contributed by atoms with E-state index in [9.17, 15) is 9.59 Å². The number of amides is 2. The number of carbonyl (C=O) groups is 2. The van der Waals surface area contributed by atoms with E-state index in [-0.39, 0.29) is 24.1 Å². The summed E-state index contributed by atoms with van der Waals surface area (Å²) in [6, 6.07) is 15.3. The van der Waals surface area contributed by atoms with Crippen LogP contribution in [-0.4, -0.2) is 46.3 Å². The first-order valence-corrected chi connectivity index (χ1v) is 10.0. The number of nitrogens with one attached hydrogen (secondary N) is 1. The normalized spacial score (nSPS) is 10.6. The maximum Gasteiger partial charge on any atom is 0.277 e. The fraction of sp³-hybridized carbons (Fsp3) is 0.238. The third-order valence-electron chi connectivity index (χ3n) is 4.22. The first-order valence-electron chi connectivity index (χ1n) is 9.05. The summed E-state index contributed by atoms with van der Waals surface area (Å²) in [5.41, 5.74) is 3.60. The highest BCUT2D eigenvalue weighted by Gasteiger charge is 2.16. The minimum atomic E-state index is -0.247. The number of thioether (sulfide) groups is 1. The van der Waals surface area contributed by atoms with Gasteiger partial charge in [-0.15, -0.1) is 10.2 Å². The third-order valence-corrected chi connectivity index (χ3v) is 5.02. The molecule has 0 radical (unpaired) electrons. The van der Waals surface area contributed by atoms with Crippen LogP contribution in [0.25, 0.3) is 11.5 Å². The van der Waals surface area contributed by atoms with Crippen molar-refractivity contribution in [2.24, 2.45) is 0 Å². The number of benzene rings is 2. The van der Waals surface area contributed by atoms with Crippen molar-refractivity contribution in [3.63, 3.8) is 0 Å². The molecule has 2 amide bonds. The number of hydrogen-bond acceptors (Lipinski definition) is 6. The largest absolute Gasteiger partial charge is 0.411 e. The number of nitrogens with zero attached hydrogens (tertiary/aromatic N) is 3. The molecule has 3 aromatic rings. The van der Waals surface area contributed by atoms with Gasteiger partial charge >= 0.3 is 0 Å². The summed E-state index contributed by atoms with van der Waals surface area (Å²) >= 11 is 1.14. The van der Waals surface area contributed by atoms with Gasteiger partial charge in [0.2, 0.25) is 17.7 Å². The molecule has 0 saturated carbocycles. The molecule has 1 aromatic heterocycles. The maximum absolute atomic E-state index is 12.3. The average Bonchev–Trinajstić information content (AvgIpc) is 3.18. The number of aryl methyl sites for hydroxylation is 2. The predicted molar refractivity (Wildman–Crippen MR) is 113 cm³/mol. The van der Waals surface area contributed by atoms with Gasteiger partial charge in [0.25, 0.3) is 5.22 Å². The Balaban J connectivity index is 1.50. The molecule has 2 aromatic carbocycles. The number of hydrogen-bond donors (Lipinski definition) is 1. The highest BCUT2D eigenvalue weighted by molar-refractivity contribution is 7.99. The molecule has 1 N–H and O–H groups in total. The summed E-state index contributed by atoms with van der Waals surface area (Å²) < 4.78 is 5.58. The molecule has 0 atom stereocenters. The molecular weight excluding hydrogens is 388 g/mol. The van der Waals surface area contributed by atoms with Crippen molar-refractivity contribution in [1.29, 1.82) is 0 Å². The smallest absolute Gasteiger partial charge is 0.277 e. The number of aromatic nitrogens is 2. The summed E-state index contributed by atoms with van der Waals surface area (Å²) in [6.45, 7) is 3.85. The fourth-order valence-corrected chi connectivity index (χ4v) is 3.27. The van der Waals surface area contributed by atoms with E-state index in [1.54, 1.807) is 7.05 Å². The van der Waals surface area contributed by atoms with Crippen molar-refractivity contribution < 1.29 is 14.0 Å². The van der Waals surface area contributed by atoms with Crippen LogP contribution in [0.5, 0.6) is 0 Å². The molecule has 1 heterocycles. The first-order chi connectivity index (χ1) is 13.9. The van der Waals surface area contributed by atoms with Gasteiger partial charge in [-0.1, -0.05) is 42.1 Å². The summed E-state index contributed by atoms with van der Waals surface area (Å²) in [4.78, 5) is 26.0. The minimum absolute atomic E-state index is 0.0358. The molecule has 29 heavy (non-hydrogen) atoms. The van der Waals surface area contributed by atoms with E-state index in [1.807, 2.05) is 62.4 Å². The van der Waals surface area contributed by atoms with Crippen LogP contribution < -0.4 is 5.32 Å². The molecule has 0 spiro atoms. The van der Waals surface area contributed by atoms with Crippen LogP contribution in [0.1, 0.15) is 11.1 Å². The SMILES string of the molecule is Cc1ccc(C)c(NC(=O)CN(C)C(=O)CSc2nnc(-c3ccccc3)o2)c1. The van der Waals surface area contributed by atoms with Crippen LogP contribution in [0.3, 0.4) is 0 Å². The zero-order valence-corrected chi connectivity index (χ0v) is 17.3. The molecule has 3 rings (SSSR count). The quantitative estimate of drug-likeness (QED) is 0.600. The van der Waals surface area contributed by atoms with Crippen LogP contribution in [0.4, 0.5) is 5.69 Å². The molecule has 0 aliphatic rings. The Morgan fingerprint density at radius 3 is 2.62 bits per heavy atom. The van der Waals surface area contributed by atoms with Crippen LogP contribution in [0.2, 0.25) is 0 Å². The van der Waals surface area contributed by atoms with Crippen molar-refractivity contribution in [3.8, 4) is 11.5 Å². The van der Waals surface area contributed by atoms with Crippen molar-refractivity contribution in [2.45, 2.75) is 19.1 Å². The van der Waals surface area contributed by atoms with E-state index in [1.165, 1.54) is 4.90 Å². The van der Waals surface area contributed by atoms with E-state index in [0.717, 1.165) is 34.1 Å². The first kappa shape index (κ1) is 20.6. The van der Waals surface area contributed by atoms with Crippen molar-refractivity contribution in [2.75, 3.05) is 24.7 Å². The standard InChI is InChI=1S/C21H22N4O3S/c1-14-9-10-15(2)17(11-14)22-18(26)12-25(3)19(27)13-29-21-24-23-20(28-21)16-7-5-4-6-8-16/h4-11H,12-13H2,1-3H3,(H,22,26). The van der Waals surface area contributed by atoms with Gasteiger partial charge in [-0.3, -0.25) is 9.59 Å². The van der Waals surface area contributed by atoms with Crippen LogP contribution in [0.15, 0.2) is 58.2 Å². The van der Waals surface area contributed by atoms with E-state index >= 15 is 0 Å². The van der Waals surface area contributed by atoms with Crippen molar-refractivity contribution >= 4 is 29.3 Å². The van der Waals surface area contributed by atoms with Crippen LogP contribution in [-0.2, 0) is 9.59 Å². The number of carbonyl (C=O) groups excluding carboxylic acids is 2. The van der Waals surface area contributed by atoms with Gasteiger partial charge in [0.15, 0.2) is 0 Å². The Bertz CT molecular complexity index is 1000. The van der Waals surface area contributed by atoms with Crippen LogP contribution >= 0.6 is 11.8 Å². The molecular formula is C21H22N4O3S. The summed E-state index contributed by atoms with van der Waals surface area (Å²) in [5.74, 6) is 0.0556. The van der Waals surface area contributed by atoms with E-state index in [0.29, 0.717) is 11.1 Å². The Hall–Kier alpha value is -3.13. The fourth-order valence-electron chi connectivity index (χ4n) is 2.56. The maximum atomic E-state index is 12.3. The monoisotopic (exact) mass is 410 g/mol. The zero-order chi connectivity index (χ0) is 20.8. The lowest BCUT2D eigenvalue weighted by atomic mass is 10.1. The van der Waals surface area contributed by atoms with Crippen molar-refractivity contribution in [3.05, 3.63) is 59.7 Å². The zero-order valence-electron chi connectivity index (χ0n) is 16.5. The topological polar surface area (TPSA) is 88.3 Å². The molecule has 0 unspecified atom stereocenters. The summed E-state index contributed by atoms with van der Waals surface area (Å²) in [5, 5.41) is 11.1. The molecule has 0 saturated heterocycles. The summed E-state index contributed by atoms with van der Waals surface area (Å²) in [7, 11) is 1.59. The van der Waals surface area contributed by atoms with Gasteiger partial charge in [0.1, 0.15) is 0 Å². The Kier molecular flexibility index (Phi) is 6.66. The van der Waals surface area contributed by atoms with Gasteiger partial charge in [-0.05, 0) is 43.2 Å². The molecule has 0 aliphatic heterocycles. The molecule has 0 aliphatic carbocycles. The molecule has 8 heteroatoms. The lowest BCUT2D eigenvalue weighted by Gasteiger charge is -2.17. The van der Waals surface area contributed by atoms with E-state index < -0.39 is 0 Å². The second kappa shape index (κ2) is 9.38. The lowest BCUT2D eigenvalue weighted by Crippen LogP contribution is -2.36. The average molecular weight is 410 g/mol. The van der Waals surface area contributed by atoms with Gasteiger partial charge in [0, 0.05) is 18.3 Å². The van der Waals surface area contributed by atoms with E-state index in [4.69, 9.17) is 4.42 Å². The molecule has 0 fully saturated rings. The highest BCUT2D eigenvalue weighted by Crippen LogP contribution is 2.23. The van der Waals surface area contributed by atoms with Gasteiger partial charge in [0.05, 0.1) is 12.3 Å². The minimum Gasteiger partial charge on any atom is -0.411 e. The second-order valence-corrected chi connectivity index (χ2v) is 7.57. The van der Waals surface area contributed by atoms with Gasteiger partial charge in [-0.2, -0.15) is 0 Å². The summed E-state index contributed by atoms with van der Waals surface area (Å²) in [6.07, 6.45) is 0. The van der Waals surface area contributed by atoms with Gasteiger partial charge < -0.3 is 14.6 Å². The molecule has 7 nitrogen and oxygen atoms in total. The third kappa shape index (κ3) is 5.68.